The number of ether oxygens (including phenoxy) is 1. The van der Waals surface area contributed by atoms with Crippen molar-refractivity contribution in [1.29, 1.82) is 0 Å². The number of aromatic nitrogens is 2. The minimum Gasteiger partial charge on any atom is -0.497 e. The summed E-state index contributed by atoms with van der Waals surface area (Å²) in [5.41, 5.74) is 1.33. The van der Waals surface area contributed by atoms with Crippen molar-refractivity contribution in [1.82, 2.24) is 19.4 Å². The van der Waals surface area contributed by atoms with Crippen LogP contribution in [0.2, 0.25) is 0 Å². The van der Waals surface area contributed by atoms with Crippen LogP contribution in [0.4, 0.5) is 0 Å². The third kappa shape index (κ3) is 4.62. The third-order valence-corrected chi connectivity index (χ3v) is 8.16. The molecule has 0 radical (unpaired) electrons. The molecule has 0 spiro atoms. The van der Waals surface area contributed by atoms with E-state index < -0.39 is 10.0 Å². The Balaban J connectivity index is 1.52. The third-order valence-electron chi connectivity index (χ3n) is 6.28. The first-order valence-electron chi connectivity index (χ1n) is 11.0. The number of H-pyrrole nitrogens is 1. The highest BCUT2D eigenvalue weighted by atomic mass is 32.2. The molecule has 31 heavy (non-hydrogen) atoms. The number of hydrogen-bond donors (Lipinski definition) is 1. The normalized spacial score (nSPS) is 20.9. The number of rotatable bonds is 5. The fourth-order valence-corrected chi connectivity index (χ4v) is 6.04. The summed E-state index contributed by atoms with van der Waals surface area (Å²) < 4.78 is 33.0. The predicted molar refractivity (Wildman–Crippen MR) is 117 cm³/mol. The van der Waals surface area contributed by atoms with Crippen molar-refractivity contribution in [2.75, 3.05) is 33.3 Å². The van der Waals surface area contributed by atoms with Crippen molar-refractivity contribution in [3.63, 3.8) is 0 Å². The Bertz CT molecular complexity index is 995. The molecular formula is C22H30N4O4S. The van der Waals surface area contributed by atoms with E-state index in [9.17, 15) is 13.2 Å². The molecule has 9 heteroatoms. The van der Waals surface area contributed by atoms with Gasteiger partial charge in [0.15, 0.2) is 0 Å². The van der Waals surface area contributed by atoms with Crippen molar-refractivity contribution in [3.8, 4) is 5.75 Å². The molecule has 2 aromatic rings. The molecule has 1 aromatic heterocycles. The minimum atomic E-state index is -3.62. The Morgan fingerprint density at radius 1 is 1.06 bits per heavy atom. The summed E-state index contributed by atoms with van der Waals surface area (Å²) in [5, 5.41) is 7.15. The van der Waals surface area contributed by atoms with Gasteiger partial charge in [-0.3, -0.25) is 9.89 Å². The summed E-state index contributed by atoms with van der Waals surface area (Å²) >= 11 is 0. The van der Waals surface area contributed by atoms with Crippen molar-refractivity contribution in [3.05, 3.63) is 41.7 Å². The fraction of sp³-hybridized carbons (Fsp3) is 0.545. The molecule has 1 atom stereocenters. The number of nitrogens with one attached hydrogen (secondary N) is 1. The minimum absolute atomic E-state index is 0.000727. The van der Waals surface area contributed by atoms with Crippen LogP contribution in [-0.4, -0.2) is 67.0 Å². The zero-order valence-electron chi connectivity index (χ0n) is 17.9. The maximum atomic E-state index is 13.2. The molecule has 8 nitrogen and oxygen atoms in total. The van der Waals surface area contributed by atoms with Crippen molar-refractivity contribution >= 4 is 15.9 Å². The maximum Gasteiger partial charge on any atom is 0.257 e. The highest BCUT2D eigenvalue weighted by molar-refractivity contribution is 7.89. The summed E-state index contributed by atoms with van der Waals surface area (Å²) in [6.45, 7) is 2.34. The molecule has 4 rings (SSSR count). The van der Waals surface area contributed by atoms with Gasteiger partial charge in [0.05, 0.1) is 29.5 Å². The van der Waals surface area contributed by atoms with Gasteiger partial charge in [0, 0.05) is 32.1 Å². The van der Waals surface area contributed by atoms with Gasteiger partial charge in [0.2, 0.25) is 10.0 Å². The Morgan fingerprint density at radius 2 is 1.77 bits per heavy atom. The summed E-state index contributed by atoms with van der Waals surface area (Å²) in [7, 11) is -2.07. The monoisotopic (exact) mass is 446 g/mol. The van der Waals surface area contributed by atoms with E-state index in [4.69, 9.17) is 4.74 Å². The average molecular weight is 447 g/mol. The predicted octanol–water partition coefficient (Wildman–Crippen LogP) is 3.00. The Kier molecular flexibility index (Phi) is 6.62. The molecule has 168 valence electrons. The van der Waals surface area contributed by atoms with Crippen LogP contribution in [0.1, 0.15) is 60.5 Å². The molecule has 2 aliphatic heterocycles. The second kappa shape index (κ2) is 9.40. The first-order valence-corrected chi connectivity index (χ1v) is 12.4. The number of piperidine rings is 1. The Morgan fingerprint density at radius 3 is 2.45 bits per heavy atom. The van der Waals surface area contributed by atoms with Crippen LogP contribution in [-0.2, 0) is 10.0 Å². The number of benzene rings is 1. The van der Waals surface area contributed by atoms with E-state index in [1.807, 2.05) is 4.90 Å². The Labute approximate surface area is 183 Å². The van der Waals surface area contributed by atoms with Crippen LogP contribution in [0.5, 0.6) is 5.75 Å². The van der Waals surface area contributed by atoms with E-state index in [1.165, 1.54) is 4.31 Å². The lowest BCUT2D eigenvalue weighted by atomic mass is 9.93. The van der Waals surface area contributed by atoms with E-state index in [1.54, 1.807) is 37.6 Å². The standard InChI is InChI=1S/C22H30N4O4S/c1-30-18-8-10-19(11-9-18)31(28,29)26-14-6-7-17(16-26)21-20(15-23-24-21)22(27)25-12-4-2-3-5-13-25/h8-11,15,17H,2-7,12-14,16H2,1H3,(H,23,24)/t17-/m0/s1. The van der Waals surface area contributed by atoms with Gasteiger partial charge in [0.1, 0.15) is 5.75 Å². The molecule has 2 aliphatic rings. The molecule has 1 N–H and O–H groups in total. The number of carbonyl (C=O) groups excluding carboxylic acids is 1. The van der Waals surface area contributed by atoms with Crippen molar-refractivity contribution in [2.24, 2.45) is 0 Å². The van der Waals surface area contributed by atoms with Gasteiger partial charge in [-0.1, -0.05) is 12.8 Å². The van der Waals surface area contributed by atoms with Gasteiger partial charge in [-0.25, -0.2) is 8.42 Å². The van der Waals surface area contributed by atoms with Crippen LogP contribution < -0.4 is 4.74 Å². The number of sulfonamides is 1. The van der Waals surface area contributed by atoms with Gasteiger partial charge in [-0.05, 0) is 49.9 Å². The molecule has 0 aliphatic carbocycles. The second-order valence-corrected chi connectivity index (χ2v) is 10.2. The van der Waals surface area contributed by atoms with Gasteiger partial charge in [-0.15, -0.1) is 0 Å². The van der Waals surface area contributed by atoms with E-state index in [0.29, 0.717) is 24.4 Å². The molecule has 2 saturated heterocycles. The Hall–Kier alpha value is -2.39. The average Bonchev–Trinajstić information content (AvgIpc) is 3.13. The van der Waals surface area contributed by atoms with Gasteiger partial charge < -0.3 is 9.64 Å². The van der Waals surface area contributed by atoms with Crippen molar-refractivity contribution < 1.29 is 17.9 Å². The van der Waals surface area contributed by atoms with Crippen LogP contribution in [0.3, 0.4) is 0 Å². The van der Waals surface area contributed by atoms with Crippen LogP contribution in [0.15, 0.2) is 35.4 Å². The highest BCUT2D eigenvalue weighted by Crippen LogP contribution is 2.32. The molecule has 1 aromatic carbocycles. The van der Waals surface area contributed by atoms with E-state index in [-0.39, 0.29) is 16.7 Å². The van der Waals surface area contributed by atoms with Gasteiger partial charge >= 0.3 is 0 Å². The number of methoxy groups -OCH3 is 1. The number of carbonyl (C=O) groups is 1. The van der Waals surface area contributed by atoms with E-state index in [0.717, 1.165) is 57.3 Å². The number of aromatic amines is 1. The lowest BCUT2D eigenvalue weighted by Crippen LogP contribution is -2.40. The van der Waals surface area contributed by atoms with E-state index >= 15 is 0 Å². The summed E-state index contributed by atoms with van der Waals surface area (Å²) in [5.74, 6) is 0.528. The summed E-state index contributed by atoms with van der Waals surface area (Å²) in [6.07, 6.45) is 7.51. The first kappa shape index (κ1) is 21.8. The summed E-state index contributed by atoms with van der Waals surface area (Å²) in [4.78, 5) is 15.3. The SMILES string of the molecule is COc1ccc(S(=O)(=O)N2CCC[C@H](c3[nH]ncc3C(=O)N3CCCCCC3)C2)cc1. The lowest BCUT2D eigenvalue weighted by Gasteiger charge is -2.32. The lowest BCUT2D eigenvalue weighted by molar-refractivity contribution is 0.0759. The molecular weight excluding hydrogens is 416 g/mol. The van der Waals surface area contributed by atoms with Gasteiger partial charge in [0.25, 0.3) is 5.91 Å². The molecule has 3 heterocycles. The van der Waals surface area contributed by atoms with Crippen molar-refractivity contribution in [2.45, 2.75) is 49.3 Å². The number of nitrogens with zero attached hydrogens (tertiary/aromatic N) is 3. The fourth-order valence-electron chi connectivity index (χ4n) is 4.51. The number of likely N-dealkylation sites (tertiary alicyclic amines) is 1. The molecule has 2 fully saturated rings. The first-order chi connectivity index (χ1) is 15.0. The molecule has 0 saturated carbocycles. The van der Waals surface area contributed by atoms with Crippen LogP contribution in [0, 0.1) is 0 Å². The summed E-state index contributed by atoms with van der Waals surface area (Å²) in [6, 6.07) is 6.45. The van der Waals surface area contributed by atoms with Crippen LogP contribution >= 0.6 is 0 Å². The van der Waals surface area contributed by atoms with Crippen LogP contribution in [0.25, 0.3) is 0 Å². The molecule has 0 unspecified atom stereocenters. The topological polar surface area (TPSA) is 95.6 Å². The van der Waals surface area contributed by atoms with E-state index in [2.05, 4.69) is 10.2 Å². The molecule has 1 amide bonds. The van der Waals surface area contributed by atoms with Gasteiger partial charge in [-0.2, -0.15) is 9.40 Å². The second-order valence-electron chi connectivity index (χ2n) is 8.28. The zero-order chi connectivity index (χ0) is 21.8. The molecule has 0 bridgehead atoms. The highest BCUT2D eigenvalue weighted by Gasteiger charge is 2.34. The maximum absolute atomic E-state index is 13.2. The largest absolute Gasteiger partial charge is 0.497 e. The smallest absolute Gasteiger partial charge is 0.257 e. The number of amides is 1. The quantitative estimate of drug-likeness (QED) is 0.762. The zero-order valence-corrected chi connectivity index (χ0v) is 18.7. The number of hydrogen-bond acceptors (Lipinski definition) is 5.